The van der Waals surface area contributed by atoms with E-state index in [4.69, 9.17) is 9.26 Å². The third-order valence-corrected chi connectivity index (χ3v) is 3.38. The fraction of sp³-hybridized carbons (Fsp3) is 0.250. The molecule has 126 valence electrons. The number of benzene rings is 1. The Labute approximate surface area is 136 Å². The van der Waals surface area contributed by atoms with Gasteiger partial charge in [0.15, 0.2) is 17.3 Å². The van der Waals surface area contributed by atoms with Gasteiger partial charge in [0.05, 0.1) is 19.3 Å². The number of carbonyl (C=O) groups excluding carboxylic acids is 1. The van der Waals surface area contributed by atoms with Gasteiger partial charge >= 0.3 is 6.09 Å². The van der Waals surface area contributed by atoms with Gasteiger partial charge in [0.25, 0.3) is 0 Å². The van der Waals surface area contributed by atoms with Gasteiger partial charge in [-0.2, -0.15) is 0 Å². The first kappa shape index (κ1) is 15.9. The Balaban J connectivity index is 1.74. The van der Waals surface area contributed by atoms with E-state index in [1.165, 1.54) is 13.2 Å². The topological polar surface area (TPSA) is 89.4 Å². The second-order valence-corrected chi connectivity index (χ2v) is 5.23. The van der Waals surface area contributed by atoms with E-state index in [2.05, 4.69) is 20.2 Å². The maximum absolute atomic E-state index is 14.1. The van der Waals surface area contributed by atoms with Crippen LogP contribution in [0.15, 0.2) is 28.8 Å². The molecule has 0 aliphatic heterocycles. The standard InChI is InChI=1S/C16H16FN3O4/c1-9-3-12(24-20-9)8-23-15-6-14-10(5-13(15)17)4-11(19-14)7-18-16(21)22-2/h3-6,19H,7-8H2,1-2H3,(H,18,21). The van der Waals surface area contributed by atoms with Crippen molar-refractivity contribution < 1.29 is 23.2 Å². The van der Waals surface area contributed by atoms with E-state index in [0.717, 1.165) is 11.4 Å². The van der Waals surface area contributed by atoms with Crippen LogP contribution in [0.2, 0.25) is 0 Å². The molecule has 1 aromatic carbocycles. The highest BCUT2D eigenvalue weighted by Crippen LogP contribution is 2.26. The molecule has 0 aliphatic rings. The van der Waals surface area contributed by atoms with Crippen molar-refractivity contribution in [1.82, 2.24) is 15.5 Å². The number of methoxy groups -OCH3 is 1. The van der Waals surface area contributed by atoms with Crippen LogP contribution < -0.4 is 10.1 Å². The summed E-state index contributed by atoms with van der Waals surface area (Å²) in [7, 11) is 1.29. The van der Waals surface area contributed by atoms with Gasteiger partial charge in [0.2, 0.25) is 0 Å². The number of hydrogen-bond acceptors (Lipinski definition) is 5. The Hall–Kier alpha value is -3.03. The lowest BCUT2D eigenvalue weighted by molar-refractivity contribution is 0.170. The van der Waals surface area contributed by atoms with Crippen molar-refractivity contribution in [2.75, 3.05) is 7.11 Å². The van der Waals surface area contributed by atoms with Gasteiger partial charge < -0.3 is 24.3 Å². The lowest BCUT2D eigenvalue weighted by atomic mass is 10.2. The number of rotatable bonds is 5. The average molecular weight is 333 g/mol. The van der Waals surface area contributed by atoms with Gasteiger partial charge in [-0.05, 0) is 19.1 Å². The van der Waals surface area contributed by atoms with Crippen LogP contribution in [0.3, 0.4) is 0 Å². The molecule has 0 spiro atoms. The summed E-state index contributed by atoms with van der Waals surface area (Å²) < 4.78 is 29.1. The van der Waals surface area contributed by atoms with Crippen LogP contribution in [-0.4, -0.2) is 23.3 Å². The van der Waals surface area contributed by atoms with E-state index >= 15 is 0 Å². The van der Waals surface area contributed by atoms with Crippen LogP contribution in [0.25, 0.3) is 10.9 Å². The Morgan fingerprint density at radius 3 is 2.92 bits per heavy atom. The molecule has 0 radical (unpaired) electrons. The van der Waals surface area contributed by atoms with Gasteiger partial charge in [0, 0.05) is 28.7 Å². The lowest BCUT2D eigenvalue weighted by Gasteiger charge is -2.05. The third kappa shape index (κ3) is 3.48. The molecule has 1 amide bonds. The van der Waals surface area contributed by atoms with E-state index in [9.17, 15) is 9.18 Å². The minimum Gasteiger partial charge on any atom is -0.482 e. The van der Waals surface area contributed by atoms with Crippen molar-refractivity contribution in [2.45, 2.75) is 20.1 Å². The van der Waals surface area contributed by atoms with Crippen molar-refractivity contribution in [2.24, 2.45) is 0 Å². The molecule has 0 atom stereocenters. The van der Waals surface area contributed by atoms with Crippen LogP contribution in [0.5, 0.6) is 5.75 Å². The second-order valence-electron chi connectivity index (χ2n) is 5.23. The molecular formula is C16H16FN3O4. The zero-order valence-electron chi connectivity index (χ0n) is 13.2. The molecule has 2 heterocycles. The minimum absolute atomic E-state index is 0.0841. The molecule has 0 saturated carbocycles. The minimum atomic E-state index is -0.536. The largest absolute Gasteiger partial charge is 0.482 e. The SMILES string of the molecule is COC(=O)NCc1cc2cc(F)c(OCc3cc(C)no3)cc2[nH]1. The number of nitrogens with zero attached hydrogens (tertiary/aromatic N) is 1. The zero-order chi connectivity index (χ0) is 17.1. The Bertz CT molecular complexity index is 871. The van der Waals surface area contributed by atoms with Crippen molar-refractivity contribution >= 4 is 17.0 Å². The van der Waals surface area contributed by atoms with Crippen molar-refractivity contribution in [3.05, 3.63) is 47.2 Å². The summed E-state index contributed by atoms with van der Waals surface area (Å²) in [6, 6.07) is 6.41. The van der Waals surface area contributed by atoms with E-state index < -0.39 is 11.9 Å². The van der Waals surface area contributed by atoms with Crippen LogP contribution in [0.4, 0.5) is 9.18 Å². The van der Waals surface area contributed by atoms with Crippen LogP contribution in [-0.2, 0) is 17.9 Å². The predicted octanol–water partition coefficient (Wildman–Crippen LogP) is 3.04. The fourth-order valence-electron chi connectivity index (χ4n) is 2.27. The molecule has 3 aromatic rings. The van der Waals surface area contributed by atoms with Gasteiger partial charge in [-0.15, -0.1) is 0 Å². The molecule has 2 aromatic heterocycles. The summed E-state index contributed by atoms with van der Waals surface area (Å²) in [4.78, 5) is 14.2. The second kappa shape index (κ2) is 6.61. The van der Waals surface area contributed by atoms with Gasteiger partial charge in [-0.1, -0.05) is 5.16 Å². The number of aromatic amines is 1. The molecule has 7 nitrogen and oxygen atoms in total. The molecule has 0 aliphatic carbocycles. The number of nitrogens with one attached hydrogen (secondary N) is 2. The monoisotopic (exact) mass is 333 g/mol. The number of hydrogen-bond donors (Lipinski definition) is 2. The molecule has 0 unspecified atom stereocenters. The van der Waals surface area contributed by atoms with Crippen molar-refractivity contribution in [3.8, 4) is 5.75 Å². The number of carbonyl (C=O) groups is 1. The summed E-state index contributed by atoms with van der Waals surface area (Å²) in [6.07, 6.45) is -0.536. The van der Waals surface area contributed by atoms with E-state index in [-0.39, 0.29) is 18.9 Å². The smallest absolute Gasteiger partial charge is 0.407 e. The molecule has 0 fully saturated rings. The number of alkyl carbamates (subject to hydrolysis) is 1. The summed E-state index contributed by atoms with van der Waals surface area (Å²) in [5.41, 5.74) is 2.15. The van der Waals surface area contributed by atoms with Crippen LogP contribution >= 0.6 is 0 Å². The number of aryl methyl sites for hydroxylation is 1. The van der Waals surface area contributed by atoms with Gasteiger partial charge in [0.1, 0.15) is 6.61 Å². The number of aromatic nitrogens is 2. The molecular weight excluding hydrogens is 317 g/mol. The highest BCUT2D eigenvalue weighted by atomic mass is 19.1. The molecule has 3 rings (SSSR count). The summed E-state index contributed by atoms with van der Waals surface area (Å²) in [5, 5.41) is 6.98. The highest BCUT2D eigenvalue weighted by Gasteiger charge is 2.11. The Kier molecular flexibility index (Phi) is 4.37. The quantitative estimate of drug-likeness (QED) is 0.749. The van der Waals surface area contributed by atoms with E-state index in [1.807, 2.05) is 0 Å². The van der Waals surface area contributed by atoms with Gasteiger partial charge in [-0.25, -0.2) is 9.18 Å². The third-order valence-electron chi connectivity index (χ3n) is 3.38. The lowest BCUT2D eigenvalue weighted by Crippen LogP contribution is -2.22. The van der Waals surface area contributed by atoms with Crippen LogP contribution in [0, 0.1) is 12.7 Å². The number of ether oxygens (including phenoxy) is 2. The normalized spacial score (nSPS) is 10.8. The molecule has 0 saturated heterocycles. The maximum atomic E-state index is 14.1. The van der Waals surface area contributed by atoms with Gasteiger partial charge in [-0.3, -0.25) is 0 Å². The molecule has 8 heteroatoms. The summed E-state index contributed by atoms with van der Waals surface area (Å²) >= 11 is 0. The molecule has 24 heavy (non-hydrogen) atoms. The number of fused-ring (bicyclic) bond motifs is 1. The highest BCUT2D eigenvalue weighted by molar-refractivity contribution is 5.82. The average Bonchev–Trinajstić information content (AvgIpc) is 3.15. The Morgan fingerprint density at radius 1 is 1.38 bits per heavy atom. The van der Waals surface area contributed by atoms with E-state index in [1.54, 1.807) is 25.1 Å². The molecule has 0 bridgehead atoms. The maximum Gasteiger partial charge on any atom is 0.407 e. The predicted molar refractivity (Wildman–Crippen MR) is 83.1 cm³/mol. The fourth-order valence-corrected chi connectivity index (χ4v) is 2.27. The zero-order valence-corrected chi connectivity index (χ0v) is 13.2. The first-order valence-corrected chi connectivity index (χ1v) is 7.23. The van der Waals surface area contributed by atoms with Crippen molar-refractivity contribution in [3.63, 3.8) is 0 Å². The van der Waals surface area contributed by atoms with Crippen LogP contribution in [0.1, 0.15) is 17.1 Å². The number of halogens is 1. The first-order valence-electron chi connectivity index (χ1n) is 7.23. The van der Waals surface area contributed by atoms with E-state index in [0.29, 0.717) is 16.7 Å². The summed E-state index contributed by atoms with van der Waals surface area (Å²) in [6.45, 7) is 2.12. The summed E-state index contributed by atoms with van der Waals surface area (Å²) in [5.74, 6) is 0.137. The Morgan fingerprint density at radius 2 is 2.21 bits per heavy atom. The molecule has 2 N–H and O–H groups in total. The number of H-pyrrole nitrogens is 1. The van der Waals surface area contributed by atoms with Crippen molar-refractivity contribution in [1.29, 1.82) is 0 Å². The first-order chi connectivity index (χ1) is 11.5. The number of amides is 1.